The van der Waals surface area contributed by atoms with Gasteiger partial charge in [0.2, 0.25) is 0 Å². The van der Waals surface area contributed by atoms with Gasteiger partial charge in [0.15, 0.2) is 0 Å². The quantitative estimate of drug-likeness (QED) is 0.459. The molecule has 0 fully saturated rings. The molecule has 0 amide bonds. The molecule has 0 aromatic carbocycles. The van der Waals surface area contributed by atoms with Crippen molar-refractivity contribution in [1.29, 1.82) is 0 Å². The Kier molecular flexibility index (Phi) is 3.07. The zero-order valence-corrected chi connectivity index (χ0v) is 7.11. The molecule has 0 heterocycles. The minimum Gasteiger partial charge on any atom is -0.167 e. The maximum atomic E-state index is 4.39. The smallest absolute Gasteiger partial charge is 0.0404 e. The lowest BCUT2D eigenvalue weighted by Crippen LogP contribution is -2.02. The van der Waals surface area contributed by atoms with Gasteiger partial charge in [-0.15, -0.1) is 6.58 Å². The topological polar surface area (TPSA) is 0 Å². The van der Waals surface area contributed by atoms with Crippen LogP contribution < -0.4 is 0 Å². The summed E-state index contributed by atoms with van der Waals surface area (Å²) in [7, 11) is 0. The van der Waals surface area contributed by atoms with Crippen molar-refractivity contribution in [1.82, 2.24) is 0 Å². The molecule has 1 aliphatic carbocycles. The van der Waals surface area contributed by atoms with Crippen molar-refractivity contribution in [3.8, 4) is 0 Å². The van der Waals surface area contributed by atoms with Crippen LogP contribution in [0, 0.1) is 0 Å². The van der Waals surface area contributed by atoms with E-state index in [1.165, 1.54) is 31.3 Å². The molecule has 0 aliphatic heterocycles. The van der Waals surface area contributed by atoms with Gasteiger partial charge < -0.3 is 0 Å². The van der Waals surface area contributed by atoms with Crippen LogP contribution in [0.15, 0.2) is 24.3 Å². The first-order valence-electron chi connectivity index (χ1n) is 3.84. The molecule has 1 aliphatic rings. The van der Waals surface area contributed by atoms with Gasteiger partial charge in [0, 0.05) is 5.25 Å². The molecule has 0 bridgehead atoms. The van der Waals surface area contributed by atoms with E-state index in [2.05, 4.69) is 25.3 Å². The van der Waals surface area contributed by atoms with Crippen LogP contribution in [0.2, 0.25) is 0 Å². The van der Waals surface area contributed by atoms with Gasteiger partial charge in [-0.1, -0.05) is 17.7 Å². The highest BCUT2D eigenvalue weighted by Gasteiger charge is 2.07. The van der Waals surface area contributed by atoms with Crippen LogP contribution in [0.1, 0.15) is 25.7 Å². The molecular formula is C9H14S. The predicted molar refractivity (Wildman–Crippen MR) is 49.5 cm³/mol. The minimum absolute atomic E-state index is 0.306. The molecule has 0 N–H and O–H groups in total. The summed E-state index contributed by atoms with van der Waals surface area (Å²) in [6, 6.07) is 0. The van der Waals surface area contributed by atoms with Crippen molar-refractivity contribution >= 4 is 12.6 Å². The summed E-state index contributed by atoms with van der Waals surface area (Å²) in [5, 5.41) is 0.306. The van der Waals surface area contributed by atoms with Crippen LogP contribution in [0.4, 0.5) is 0 Å². The number of thiol groups is 1. The van der Waals surface area contributed by atoms with Gasteiger partial charge in [-0.25, -0.2) is 0 Å². The first-order chi connectivity index (χ1) is 4.84. The van der Waals surface area contributed by atoms with E-state index < -0.39 is 0 Å². The zero-order valence-electron chi connectivity index (χ0n) is 6.21. The monoisotopic (exact) mass is 154 g/mol. The third kappa shape index (κ3) is 1.91. The van der Waals surface area contributed by atoms with Gasteiger partial charge in [-0.2, -0.15) is 12.6 Å². The second-order valence-electron chi connectivity index (χ2n) is 2.71. The average Bonchev–Trinajstić information content (AvgIpc) is 2.05. The van der Waals surface area contributed by atoms with E-state index in [9.17, 15) is 0 Å². The molecule has 10 heavy (non-hydrogen) atoms. The molecule has 0 saturated carbocycles. The van der Waals surface area contributed by atoms with E-state index >= 15 is 0 Å². The summed E-state index contributed by atoms with van der Waals surface area (Å²) in [6.07, 6.45) is 9.35. The Morgan fingerprint density at radius 2 is 2.40 bits per heavy atom. The molecule has 0 aromatic heterocycles. The highest BCUT2D eigenvalue weighted by atomic mass is 32.1. The lowest BCUT2D eigenvalue weighted by Gasteiger charge is -2.15. The van der Waals surface area contributed by atoms with Gasteiger partial charge in [-0.05, 0) is 25.7 Å². The standard InChI is InChI=1S/C9H14S/c1-2-9(10)8-6-4-3-5-7-8/h2,6,9-10H,1,3-5,7H2. The van der Waals surface area contributed by atoms with Crippen LogP contribution in [0.25, 0.3) is 0 Å². The van der Waals surface area contributed by atoms with E-state index in [1.807, 2.05) is 6.08 Å². The van der Waals surface area contributed by atoms with Crippen LogP contribution >= 0.6 is 12.6 Å². The summed E-state index contributed by atoms with van der Waals surface area (Å²) in [6.45, 7) is 3.72. The fourth-order valence-corrected chi connectivity index (χ4v) is 1.52. The molecule has 0 aromatic rings. The fourth-order valence-electron chi connectivity index (χ4n) is 1.28. The van der Waals surface area contributed by atoms with Gasteiger partial charge in [-0.3, -0.25) is 0 Å². The molecule has 0 nitrogen and oxygen atoms in total. The van der Waals surface area contributed by atoms with E-state index in [0.717, 1.165) is 0 Å². The van der Waals surface area contributed by atoms with E-state index in [4.69, 9.17) is 0 Å². The molecular weight excluding hydrogens is 140 g/mol. The first kappa shape index (κ1) is 7.93. The van der Waals surface area contributed by atoms with Crippen molar-refractivity contribution in [3.05, 3.63) is 24.3 Å². The maximum absolute atomic E-state index is 4.39. The SMILES string of the molecule is C=CC(S)C1=CCCCC1. The molecule has 1 unspecified atom stereocenters. The van der Waals surface area contributed by atoms with Crippen molar-refractivity contribution < 1.29 is 0 Å². The van der Waals surface area contributed by atoms with Gasteiger partial charge in [0.1, 0.15) is 0 Å². The van der Waals surface area contributed by atoms with E-state index in [-0.39, 0.29) is 0 Å². The Morgan fingerprint density at radius 3 is 2.90 bits per heavy atom. The number of allylic oxidation sites excluding steroid dienone is 1. The number of hydrogen-bond donors (Lipinski definition) is 1. The molecule has 1 heteroatoms. The van der Waals surface area contributed by atoms with Crippen molar-refractivity contribution in [2.24, 2.45) is 0 Å². The van der Waals surface area contributed by atoms with Gasteiger partial charge in [0.05, 0.1) is 0 Å². The first-order valence-corrected chi connectivity index (χ1v) is 4.36. The van der Waals surface area contributed by atoms with Crippen LogP contribution in [-0.4, -0.2) is 5.25 Å². The molecule has 1 rings (SSSR count). The predicted octanol–water partition coefficient (Wildman–Crippen LogP) is 2.97. The molecule has 0 saturated heterocycles. The summed E-state index contributed by atoms with van der Waals surface area (Å²) < 4.78 is 0. The lowest BCUT2D eigenvalue weighted by molar-refractivity contribution is 0.694. The van der Waals surface area contributed by atoms with Crippen LogP contribution in [-0.2, 0) is 0 Å². The number of rotatable bonds is 2. The van der Waals surface area contributed by atoms with Crippen molar-refractivity contribution in [2.75, 3.05) is 0 Å². The normalized spacial score (nSPS) is 21.5. The molecule has 1 atom stereocenters. The fraction of sp³-hybridized carbons (Fsp3) is 0.556. The van der Waals surface area contributed by atoms with E-state index in [1.54, 1.807) is 0 Å². The van der Waals surface area contributed by atoms with Gasteiger partial charge >= 0.3 is 0 Å². The Hall–Kier alpha value is -0.170. The van der Waals surface area contributed by atoms with E-state index in [0.29, 0.717) is 5.25 Å². The molecule has 0 radical (unpaired) electrons. The maximum Gasteiger partial charge on any atom is 0.0404 e. The summed E-state index contributed by atoms with van der Waals surface area (Å²) >= 11 is 4.39. The molecule has 56 valence electrons. The third-order valence-electron chi connectivity index (χ3n) is 1.93. The second kappa shape index (κ2) is 3.87. The average molecular weight is 154 g/mol. The highest BCUT2D eigenvalue weighted by molar-refractivity contribution is 7.81. The molecule has 0 spiro atoms. The summed E-state index contributed by atoms with van der Waals surface area (Å²) in [5.74, 6) is 0. The summed E-state index contributed by atoms with van der Waals surface area (Å²) in [4.78, 5) is 0. The van der Waals surface area contributed by atoms with Crippen LogP contribution in [0.5, 0.6) is 0 Å². The Balaban J connectivity index is 2.52. The number of hydrogen-bond acceptors (Lipinski definition) is 1. The van der Waals surface area contributed by atoms with Crippen LogP contribution in [0.3, 0.4) is 0 Å². The minimum atomic E-state index is 0.306. The Labute approximate surface area is 68.4 Å². The highest BCUT2D eigenvalue weighted by Crippen LogP contribution is 2.23. The Bertz CT molecular complexity index is 147. The zero-order chi connectivity index (χ0) is 7.40. The van der Waals surface area contributed by atoms with Crippen molar-refractivity contribution in [3.63, 3.8) is 0 Å². The van der Waals surface area contributed by atoms with Crippen molar-refractivity contribution in [2.45, 2.75) is 30.9 Å². The largest absolute Gasteiger partial charge is 0.167 e. The third-order valence-corrected chi connectivity index (χ3v) is 2.47. The second-order valence-corrected chi connectivity index (χ2v) is 3.26. The Morgan fingerprint density at radius 1 is 1.60 bits per heavy atom. The lowest BCUT2D eigenvalue weighted by atomic mass is 9.97. The summed E-state index contributed by atoms with van der Waals surface area (Å²) in [5.41, 5.74) is 1.46. The van der Waals surface area contributed by atoms with Gasteiger partial charge in [0.25, 0.3) is 0 Å².